The van der Waals surface area contributed by atoms with E-state index in [2.05, 4.69) is 17.0 Å². The zero-order valence-corrected chi connectivity index (χ0v) is 13.1. The van der Waals surface area contributed by atoms with E-state index < -0.39 is 11.4 Å². The van der Waals surface area contributed by atoms with Crippen LogP contribution in [0.2, 0.25) is 0 Å². The standard InChI is InChI=1S/C17H25NO3/c1-17(2,16(19)20)14-5-4-10-18(12-14)11-13-6-8-15(21-3)9-7-13/h6-9,14H,4-5,10-12H2,1-3H3,(H,19,20). The molecule has 2 rings (SSSR count). The third kappa shape index (κ3) is 3.76. The van der Waals surface area contributed by atoms with Crippen molar-refractivity contribution in [2.24, 2.45) is 11.3 Å². The average molecular weight is 291 g/mol. The molecule has 4 heteroatoms. The first kappa shape index (κ1) is 15.8. The minimum atomic E-state index is -0.696. The summed E-state index contributed by atoms with van der Waals surface area (Å²) in [5.41, 5.74) is 0.586. The maximum absolute atomic E-state index is 11.4. The van der Waals surface area contributed by atoms with Gasteiger partial charge >= 0.3 is 5.97 Å². The maximum Gasteiger partial charge on any atom is 0.309 e. The van der Waals surface area contributed by atoms with Crippen LogP contribution in [0, 0.1) is 11.3 Å². The van der Waals surface area contributed by atoms with E-state index in [-0.39, 0.29) is 5.92 Å². The number of aliphatic carboxylic acids is 1. The molecule has 0 radical (unpaired) electrons. The van der Waals surface area contributed by atoms with Crippen molar-refractivity contribution in [1.29, 1.82) is 0 Å². The predicted octanol–water partition coefficient (Wildman–Crippen LogP) is 3.02. The molecular formula is C17H25NO3. The number of methoxy groups -OCH3 is 1. The topological polar surface area (TPSA) is 49.8 Å². The van der Waals surface area contributed by atoms with Crippen molar-refractivity contribution in [3.05, 3.63) is 29.8 Å². The Kier molecular flexibility index (Phi) is 4.88. The van der Waals surface area contributed by atoms with Crippen molar-refractivity contribution in [2.75, 3.05) is 20.2 Å². The van der Waals surface area contributed by atoms with Gasteiger partial charge in [0.2, 0.25) is 0 Å². The highest BCUT2D eigenvalue weighted by Crippen LogP contribution is 2.34. The summed E-state index contributed by atoms with van der Waals surface area (Å²) in [5, 5.41) is 9.39. The Hall–Kier alpha value is -1.55. The highest BCUT2D eigenvalue weighted by molar-refractivity contribution is 5.74. The molecule has 1 saturated heterocycles. The number of hydrogen-bond donors (Lipinski definition) is 1. The van der Waals surface area contributed by atoms with Crippen LogP contribution in [0.15, 0.2) is 24.3 Å². The number of hydrogen-bond acceptors (Lipinski definition) is 3. The van der Waals surface area contributed by atoms with Gasteiger partial charge < -0.3 is 9.84 Å². The number of ether oxygens (including phenoxy) is 1. The maximum atomic E-state index is 11.4. The third-order valence-electron chi connectivity index (χ3n) is 4.64. The molecule has 116 valence electrons. The van der Waals surface area contributed by atoms with Gasteiger partial charge in [0.05, 0.1) is 12.5 Å². The molecule has 1 aromatic carbocycles. The molecule has 0 bridgehead atoms. The van der Waals surface area contributed by atoms with E-state index >= 15 is 0 Å². The average Bonchev–Trinajstić information content (AvgIpc) is 2.48. The fraction of sp³-hybridized carbons (Fsp3) is 0.588. The normalized spacial score (nSPS) is 20.2. The Labute approximate surface area is 126 Å². The number of carbonyl (C=O) groups is 1. The number of carboxylic acids is 1. The highest BCUT2D eigenvalue weighted by atomic mass is 16.5. The van der Waals surface area contributed by atoms with Gasteiger partial charge in [-0.1, -0.05) is 12.1 Å². The fourth-order valence-electron chi connectivity index (χ4n) is 2.95. The molecule has 0 amide bonds. The van der Waals surface area contributed by atoms with Gasteiger partial charge in [0, 0.05) is 13.1 Å². The molecule has 0 aromatic heterocycles. The second-order valence-corrected chi connectivity index (χ2v) is 6.45. The molecule has 0 spiro atoms. The molecule has 0 aliphatic carbocycles. The lowest BCUT2D eigenvalue weighted by Crippen LogP contribution is -2.44. The van der Waals surface area contributed by atoms with Gasteiger partial charge in [0.1, 0.15) is 5.75 Å². The summed E-state index contributed by atoms with van der Waals surface area (Å²) in [7, 11) is 1.66. The minimum Gasteiger partial charge on any atom is -0.497 e. The molecule has 1 atom stereocenters. The fourth-order valence-corrected chi connectivity index (χ4v) is 2.95. The van der Waals surface area contributed by atoms with Crippen LogP contribution in [-0.2, 0) is 11.3 Å². The number of carboxylic acid groups (broad SMARTS) is 1. The lowest BCUT2D eigenvalue weighted by molar-refractivity contribution is -0.151. The van der Waals surface area contributed by atoms with Crippen molar-refractivity contribution < 1.29 is 14.6 Å². The largest absolute Gasteiger partial charge is 0.497 e. The van der Waals surface area contributed by atoms with Gasteiger partial charge in [-0.3, -0.25) is 9.69 Å². The number of benzene rings is 1. The van der Waals surface area contributed by atoms with E-state index in [0.717, 1.165) is 38.2 Å². The highest BCUT2D eigenvalue weighted by Gasteiger charge is 2.38. The molecule has 4 nitrogen and oxygen atoms in total. The van der Waals surface area contributed by atoms with Crippen molar-refractivity contribution in [1.82, 2.24) is 4.90 Å². The van der Waals surface area contributed by atoms with Crippen LogP contribution >= 0.6 is 0 Å². The second-order valence-electron chi connectivity index (χ2n) is 6.45. The Morgan fingerprint density at radius 3 is 2.62 bits per heavy atom. The Morgan fingerprint density at radius 2 is 2.05 bits per heavy atom. The first-order chi connectivity index (χ1) is 9.93. The second kappa shape index (κ2) is 6.48. The first-order valence-electron chi connectivity index (χ1n) is 7.52. The van der Waals surface area contributed by atoms with Crippen LogP contribution in [0.4, 0.5) is 0 Å². The molecule has 1 aromatic rings. The summed E-state index contributed by atoms with van der Waals surface area (Å²) in [6.45, 7) is 6.45. The van der Waals surface area contributed by atoms with Gasteiger partial charge in [-0.2, -0.15) is 0 Å². The van der Waals surface area contributed by atoms with Crippen LogP contribution in [-0.4, -0.2) is 36.2 Å². The summed E-state index contributed by atoms with van der Waals surface area (Å²) >= 11 is 0. The molecule has 1 fully saturated rings. The molecule has 1 heterocycles. The van der Waals surface area contributed by atoms with E-state index in [9.17, 15) is 9.90 Å². The SMILES string of the molecule is COc1ccc(CN2CCCC(C(C)(C)C(=O)O)C2)cc1. The Morgan fingerprint density at radius 1 is 1.38 bits per heavy atom. The molecule has 1 unspecified atom stereocenters. The monoisotopic (exact) mass is 291 g/mol. The first-order valence-corrected chi connectivity index (χ1v) is 7.52. The van der Waals surface area contributed by atoms with Crippen molar-refractivity contribution >= 4 is 5.97 Å². The quantitative estimate of drug-likeness (QED) is 0.906. The summed E-state index contributed by atoms with van der Waals surface area (Å²) in [6.07, 6.45) is 2.07. The molecule has 1 aliphatic rings. The Balaban J connectivity index is 1.99. The lowest BCUT2D eigenvalue weighted by atomic mass is 9.74. The van der Waals surface area contributed by atoms with E-state index in [1.165, 1.54) is 5.56 Å². The van der Waals surface area contributed by atoms with E-state index in [1.807, 2.05) is 26.0 Å². The summed E-state index contributed by atoms with van der Waals surface area (Å²) in [5.74, 6) is 0.378. The van der Waals surface area contributed by atoms with Crippen LogP contribution in [0.1, 0.15) is 32.3 Å². The van der Waals surface area contributed by atoms with Gasteiger partial charge in [0.25, 0.3) is 0 Å². The van der Waals surface area contributed by atoms with Crippen LogP contribution < -0.4 is 4.74 Å². The van der Waals surface area contributed by atoms with Crippen molar-refractivity contribution in [3.8, 4) is 5.75 Å². The summed E-state index contributed by atoms with van der Waals surface area (Å²) in [6, 6.07) is 8.09. The van der Waals surface area contributed by atoms with E-state index in [4.69, 9.17) is 4.74 Å². The number of piperidine rings is 1. The molecule has 0 saturated carbocycles. The van der Waals surface area contributed by atoms with Gasteiger partial charge in [-0.05, 0) is 56.8 Å². The Bertz CT molecular complexity index is 481. The molecular weight excluding hydrogens is 266 g/mol. The number of likely N-dealkylation sites (tertiary alicyclic amines) is 1. The van der Waals surface area contributed by atoms with Crippen LogP contribution in [0.25, 0.3) is 0 Å². The predicted molar refractivity (Wildman–Crippen MR) is 82.4 cm³/mol. The van der Waals surface area contributed by atoms with E-state index in [1.54, 1.807) is 7.11 Å². The number of rotatable bonds is 5. The van der Waals surface area contributed by atoms with Crippen LogP contribution in [0.3, 0.4) is 0 Å². The zero-order valence-electron chi connectivity index (χ0n) is 13.1. The molecule has 1 N–H and O–H groups in total. The smallest absolute Gasteiger partial charge is 0.309 e. The van der Waals surface area contributed by atoms with E-state index in [0.29, 0.717) is 0 Å². The third-order valence-corrected chi connectivity index (χ3v) is 4.64. The van der Waals surface area contributed by atoms with Gasteiger partial charge in [-0.25, -0.2) is 0 Å². The lowest BCUT2D eigenvalue weighted by Gasteiger charge is -2.39. The zero-order chi connectivity index (χ0) is 15.5. The van der Waals surface area contributed by atoms with Crippen molar-refractivity contribution in [3.63, 3.8) is 0 Å². The number of nitrogens with zero attached hydrogens (tertiary/aromatic N) is 1. The summed E-state index contributed by atoms with van der Waals surface area (Å²) < 4.78 is 5.17. The minimum absolute atomic E-state index is 0.210. The molecule has 21 heavy (non-hydrogen) atoms. The van der Waals surface area contributed by atoms with Crippen molar-refractivity contribution in [2.45, 2.75) is 33.2 Å². The van der Waals surface area contributed by atoms with Gasteiger partial charge in [0.15, 0.2) is 0 Å². The summed E-state index contributed by atoms with van der Waals surface area (Å²) in [4.78, 5) is 13.8. The molecule has 1 aliphatic heterocycles. The van der Waals surface area contributed by atoms with Gasteiger partial charge in [-0.15, -0.1) is 0 Å². The van der Waals surface area contributed by atoms with Crippen LogP contribution in [0.5, 0.6) is 5.75 Å².